The third kappa shape index (κ3) is 3.11. The SMILES string of the molecule is CC(=NCc1ccc2c(c1)OCO2)c1c(C)[nH]n(-c2nc3ccccc3s2)c1=O. The summed E-state index contributed by atoms with van der Waals surface area (Å²) >= 11 is 1.47. The summed E-state index contributed by atoms with van der Waals surface area (Å²) in [5, 5.41) is 3.76. The molecule has 0 radical (unpaired) electrons. The lowest BCUT2D eigenvalue weighted by atomic mass is 10.1. The van der Waals surface area contributed by atoms with E-state index in [0.717, 1.165) is 33.0 Å². The quantitative estimate of drug-likeness (QED) is 0.523. The van der Waals surface area contributed by atoms with Crippen LogP contribution in [0.5, 0.6) is 11.5 Å². The van der Waals surface area contributed by atoms with E-state index in [1.807, 2.05) is 56.3 Å². The number of hydrogen-bond acceptors (Lipinski definition) is 6. The van der Waals surface area contributed by atoms with Gasteiger partial charge in [0.1, 0.15) is 0 Å². The van der Waals surface area contributed by atoms with Crippen LogP contribution < -0.4 is 15.0 Å². The average molecular weight is 406 g/mol. The van der Waals surface area contributed by atoms with Gasteiger partial charge in [0.15, 0.2) is 11.5 Å². The summed E-state index contributed by atoms with van der Waals surface area (Å²) < 4.78 is 13.3. The number of nitrogens with zero attached hydrogens (tertiary/aromatic N) is 3. The molecule has 0 fully saturated rings. The second kappa shape index (κ2) is 6.89. The molecule has 146 valence electrons. The van der Waals surface area contributed by atoms with Crippen LogP contribution in [0.4, 0.5) is 0 Å². The average Bonchev–Trinajstić information content (AvgIpc) is 3.42. The maximum Gasteiger partial charge on any atom is 0.282 e. The zero-order valence-corrected chi connectivity index (χ0v) is 16.7. The van der Waals surface area contributed by atoms with Gasteiger partial charge in [-0.1, -0.05) is 29.5 Å². The number of rotatable bonds is 4. The van der Waals surface area contributed by atoms with Gasteiger partial charge in [0.2, 0.25) is 11.9 Å². The Morgan fingerprint density at radius 1 is 1.24 bits per heavy atom. The van der Waals surface area contributed by atoms with Crippen molar-refractivity contribution in [2.45, 2.75) is 20.4 Å². The van der Waals surface area contributed by atoms with Gasteiger partial charge in [-0.15, -0.1) is 0 Å². The van der Waals surface area contributed by atoms with Crippen molar-refractivity contribution < 1.29 is 9.47 Å². The standard InChI is InChI=1S/C21H18N4O3S/c1-12(22-10-14-7-8-16-17(9-14)28-11-27-16)19-13(2)24-25(20(19)26)21-23-15-5-3-4-6-18(15)29-21/h3-9,24H,10-11H2,1-2H3. The molecule has 0 aliphatic carbocycles. The Kier molecular flexibility index (Phi) is 4.21. The molecule has 1 aliphatic rings. The lowest BCUT2D eigenvalue weighted by Crippen LogP contribution is -2.19. The Balaban J connectivity index is 1.46. The van der Waals surface area contributed by atoms with Gasteiger partial charge in [0.25, 0.3) is 5.56 Å². The zero-order chi connectivity index (χ0) is 20.0. The zero-order valence-electron chi connectivity index (χ0n) is 15.9. The molecule has 2 aromatic heterocycles. The summed E-state index contributed by atoms with van der Waals surface area (Å²) in [5.74, 6) is 1.47. The molecule has 0 bridgehead atoms. The Bertz CT molecular complexity index is 1280. The Labute approximate surface area is 170 Å². The Hall–Kier alpha value is -3.39. The molecular formula is C21H18N4O3S. The number of aromatic amines is 1. The van der Waals surface area contributed by atoms with Crippen LogP contribution in [-0.2, 0) is 6.54 Å². The third-order valence-corrected chi connectivity index (χ3v) is 5.86. The largest absolute Gasteiger partial charge is 0.454 e. The minimum atomic E-state index is -0.145. The highest BCUT2D eigenvalue weighted by Gasteiger charge is 2.18. The summed E-state index contributed by atoms with van der Waals surface area (Å²) in [5.41, 5.74) is 3.75. The molecule has 0 saturated carbocycles. The molecule has 1 aliphatic heterocycles. The summed E-state index contributed by atoms with van der Waals surface area (Å²) in [6, 6.07) is 13.6. The second-order valence-electron chi connectivity index (χ2n) is 6.81. The molecule has 0 saturated heterocycles. The third-order valence-electron chi connectivity index (χ3n) is 4.84. The summed E-state index contributed by atoms with van der Waals surface area (Å²) in [4.78, 5) is 22.3. The molecule has 0 unspecified atom stereocenters. The van der Waals surface area contributed by atoms with E-state index in [4.69, 9.17) is 9.47 Å². The van der Waals surface area contributed by atoms with Gasteiger partial charge >= 0.3 is 0 Å². The van der Waals surface area contributed by atoms with Crippen molar-refractivity contribution in [2.24, 2.45) is 4.99 Å². The van der Waals surface area contributed by atoms with E-state index in [-0.39, 0.29) is 12.4 Å². The van der Waals surface area contributed by atoms with Crippen LogP contribution in [0, 0.1) is 6.92 Å². The molecule has 3 heterocycles. The lowest BCUT2D eigenvalue weighted by Gasteiger charge is -2.01. The highest BCUT2D eigenvalue weighted by atomic mass is 32.1. The number of hydrogen-bond donors (Lipinski definition) is 1. The number of ether oxygens (including phenoxy) is 2. The van der Waals surface area contributed by atoms with E-state index in [1.54, 1.807) is 0 Å². The van der Waals surface area contributed by atoms with Crippen molar-refractivity contribution in [1.82, 2.24) is 14.8 Å². The van der Waals surface area contributed by atoms with Crippen molar-refractivity contribution >= 4 is 27.3 Å². The van der Waals surface area contributed by atoms with Crippen LogP contribution >= 0.6 is 11.3 Å². The number of para-hydroxylation sites is 1. The van der Waals surface area contributed by atoms with Crippen molar-refractivity contribution in [1.29, 1.82) is 0 Å². The first-order valence-corrected chi connectivity index (χ1v) is 9.99. The van der Waals surface area contributed by atoms with Crippen molar-refractivity contribution in [3.63, 3.8) is 0 Å². The molecule has 7 nitrogen and oxygen atoms in total. The predicted molar refractivity (Wildman–Crippen MR) is 113 cm³/mol. The minimum absolute atomic E-state index is 0.145. The molecule has 1 N–H and O–H groups in total. The number of aliphatic imine (C=N–C) groups is 1. The first kappa shape index (κ1) is 17.7. The number of aromatic nitrogens is 3. The van der Waals surface area contributed by atoms with Gasteiger partial charge in [0, 0.05) is 11.4 Å². The van der Waals surface area contributed by atoms with E-state index in [0.29, 0.717) is 23.0 Å². The summed E-state index contributed by atoms with van der Waals surface area (Å²) in [6.45, 7) is 4.43. The van der Waals surface area contributed by atoms with Crippen LogP contribution in [0.25, 0.3) is 15.3 Å². The van der Waals surface area contributed by atoms with Crippen molar-refractivity contribution in [2.75, 3.05) is 6.79 Å². The van der Waals surface area contributed by atoms with Crippen LogP contribution in [0.3, 0.4) is 0 Å². The fourth-order valence-corrected chi connectivity index (χ4v) is 4.32. The number of H-pyrrole nitrogens is 1. The molecule has 0 atom stereocenters. The van der Waals surface area contributed by atoms with Gasteiger partial charge in [-0.05, 0) is 43.7 Å². The van der Waals surface area contributed by atoms with Crippen molar-refractivity contribution in [3.8, 4) is 16.6 Å². The van der Waals surface area contributed by atoms with Crippen molar-refractivity contribution in [3.05, 3.63) is 69.6 Å². The van der Waals surface area contributed by atoms with E-state index < -0.39 is 0 Å². The smallest absolute Gasteiger partial charge is 0.282 e. The first-order valence-electron chi connectivity index (χ1n) is 9.17. The van der Waals surface area contributed by atoms with Gasteiger partial charge in [-0.2, -0.15) is 4.68 Å². The minimum Gasteiger partial charge on any atom is -0.454 e. The summed E-state index contributed by atoms with van der Waals surface area (Å²) in [7, 11) is 0. The molecule has 29 heavy (non-hydrogen) atoms. The Morgan fingerprint density at radius 3 is 2.93 bits per heavy atom. The highest BCUT2D eigenvalue weighted by Crippen LogP contribution is 2.32. The monoisotopic (exact) mass is 406 g/mol. The molecule has 5 rings (SSSR count). The number of benzene rings is 2. The van der Waals surface area contributed by atoms with Crippen LogP contribution in [0.1, 0.15) is 23.7 Å². The second-order valence-corrected chi connectivity index (χ2v) is 7.81. The topological polar surface area (TPSA) is 81.5 Å². The van der Waals surface area contributed by atoms with Gasteiger partial charge in [-0.25, -0.2) is 4.98 Å². The van der Waals surface area contributed by atoms with Crippen LogP contribution in [-0.4, -0.2) is 27.3 Å². The Morgan fingerprint density at radius 2 is 2.07 bits per heavy atom. The fourth-order valence-electron chi connectivity index (χ4n) is 3.39. The number of aryl methyl sites for hydroxylation is 1. The normalized spacial score (nSPS) is 13.4. The van der Waals surface area contributed by atoms with E-state index in [1.165, 1.54) is 16.0 Å². The number of fused-ring (bicyclic) bond motifs is 2. The number of nitrogens with one attached hydrogen (secondary N) is 1. The maximum atomic E-state index is 13.1. The van der Waals surface area contributed by atoms with Gasteiger partial charge in [-0.3, -0.25) is 14.9 Å². The van der Waals surface area contributed by atoms with Gasteiger partial charge in [0.05, 0.1) is 22.3 Å². The molecule has 0 spiro atoms. The first-order chi connectivity index (χ1) is 14.1. The molecule has 2 aromatic carbocycles. The molecule has 4 aromatic rings. The van der Waals surface area contributed by atoms with E-state index in [2.05, 4.69) is 15.1 Å². The van der Waals surface area contributed by atoms with E-state index in [9.17, 15) is 4.79 Å². The van der Waals surface area contributed by atoms with Crippen LogP contribution in [0.15, 0.2) is 52.3 Å². The fraction of sp³-hybridized carbons (Fsp3) is 0.190. The molecule has 0 amide bonds. The van der Waals surface area contributed by atoms with Crippen LogP contribution in [0.2, 0.25) is 0 Å². The van der Waals surface area contributed by atoms with E-state index >= 15 is 0 Å². The molecule has 8 heteroatoms. The lowest BCUT2D eigenvalue weighted by molar-refractivity contribution is 0.174. The van der Waals surface area contributed by atoms with Gasteiger partial charge < -0.3 is 9.47 Å². The predicted octanol–water partition coefficient (Wildman–Crippen LogP) is 3.82. The summed E-state index contributed by atoms with van der Waals surface area (Å²) in [6.07, 6.45) is 0. The number of thiazole rings is 1. The highest BCUT2D eigenvalue weighted by molar-refractivity contribution is 7.20. The maximum absolute atomic E-state index is 13.1. The molecular weight excluding hydrogens is 388 g/mol.